The molecular formula is C10H11ClF3NO. The second-order valence-corrected chi connectivity index (χ2v) is 3.05. The molecule has 1 aromatic rings. The molecule has 0 radical (unpaired) electrons. The summed E-state index contributed by atoms with van der Waals surface area (Å²) in [6.45, 7) is 3.37. The van der Waals surface area contributed by atoms with Gasteiger partial charge in [0.25, 0.3) is 0 Å². The standard InChI is InChI=1S/C10H10F3NO.ClH/c1-2-3-6(14)8-7(15)4-5(11)9(12)10(8)13;/h2,4,6,15H,1,3,14H2;1H/t6-;/m1./s1. The van der Waals surface area contributed by atoms with E-state index < -0.39 is 34.8 Å². The van der Waals surface area contributed by atoms with Gasteiger partial charge in [-0.1, -0.05) is 6.08 Å². The Labute approximate surface area is 97.0 Å². The summed E-state index contributed by atoms with van der Waals surface area (Å²) < 4.78 is 38.7. The molecule has 0 saturated heterocycles. The van der Waals surface area contributed by atoms with Gasteiger partial charge in [-0.25, -0.2) is 13.2 Å². The first-order valence-electron chi connectivity index (χ1n) is 4.21. The molecule has 0 amide bonds. The van der Waals surface area contributed by atoms with Crippen LogP contribution in [-0.4, -0.2) is 5.11 Å². The molecule has 0 aliphatic carbocycles. The third-order valence-electron chi connectivity index (χ3n) is 1.97. The number of phenolic OH excluding ortho intramolecular Hbond substituents is 1. The van der Waals surface area contributed by atoms with Crippen molar-refractivity contribution in [3.63, 3.8) is 0 Å². The molecule has 3 N–H and O–H groups in total. The molecule has 0 aliphatic rings. The minimum atomic E-state index is -1.64. The molecule has 0 bridgehead atoms. The number of hydrogen-bond donors (Lipinski definition) is 2. The lowest BCUT2D eigenvalue weighted by atomic mass is 10.0. The smallest absolute Gasteiger partial charge is 0.195 e. The largest absolute Gasteiger partial charge is 0.507 e. The number of aromatic hydroxyl groups is 1. The van der Waals surface area contributed by atoms with Crippen LogP contribution in [0.3, 0.4) is 0 Å². The predicted octanol–water partition coefficient (Wildman–Crippen LogP) is 2.81. The van der Waals surface area contributed by atoms with Gasteiger partial charge in [0.15, 0.2) is 17.5 Å². The molecule has 2 nitrogen and oxygen atoms in total. The zero-order valence-electron chi connectivity index (χ0n) is 8.21. The summed E-state index contributed by atoms with van der Waals surface area (Å²) in [5, 5.41) is 9.23. The second kappa shape index (κ2) is 5.77. The molecule has 1 rings (SSSR count). The van der Waals surface area contributed by atoms with Crippen LogP contribution in [0.25, 0.3) is 0 Å². The fourth-order valence-corrected chi connectivity index (χ4v) is 1.25. The van der Waals surface area contributed by atoms with E-state index >= 15 is 0 Å². The normalized spacial score (nSPS) is 11.8. The monoisotopic (exact) mass is 253 g/mol. The zero-order chi connectivity index (χ0) is 11.6. The highest BCUT2D eigenvalue weighted by Crippen LogP contribution is 2.30. The summed E-state index contributed by atoms with van der Waals surface area (Å²) in [5.74, 6) is -5.23. The van der Waals surface area contributed by atoms with Crippen molar-refractivity contribution < 1.29 is 18.3 Å². The van der Waals surface area contributed by atoms with E-state index in [0.717, 1.165) is 0 Å². The van der Waals surface area contributed by atoms with Crippen molar-refractivity contribution in [2.45, 2.75) is 12.5 Å². The third-order valence-corrected chi connectivity index (χ3v) is 1.97. The lowest BCUT2D eigenvalue weighted by Crippen LogP contribution is -2.13. The SMILES string of the molecule is C=CC[C@@H](N)c1c(O)cc(F)c(F)c1F.Cl. The van der Waals surface area contributed by atoms with E-state index in [0.29, 0.717) is 6.07 Å². The predicted molar refractivity (Wildman–Crippen MR) is 57.0 cm³/mol. The summed E-state index contributed by atoms with van der Waals surface area (Å²) >= 11 is 0. The lowest BCUT2D eigenvalue weighted by molar-refractivity contribution is 0.401. The Hall–Kier alpha value is -1.20. The molecule has 1 aromatic carbocycles. The van der Waals surface area contributed by atoms with Crippen LogP contribution in [0.5, 0.6) is 5.75 Å². The molecule has 1 atom stereocenters. The van der Waals surface area contributed by atoms with Crippen LogP contribution in [0.4, 0.5) is 13.2 Å². The van der Waals surface area contributed by atoms with Crippen molar-refractivity contribution >= 4 is 12.4 Å². The van der Waals surface area contributed by atoms with Gasteiger partial charge in [-0.05, 0) is 6.42 Å². The number of halogens is 4. The van der Waals surface area contributed by atoms with Crippen LogP contribution in [0, 0.1) is 17.5 Å². The molecule has 0 unspecified atom stereocenters. The fourth-order valence-electron chi connectivity index (χ4n) is 1.25. The fraction of sp³-hybridized carbons (Fsp3) is 0.200. The van der Waals surface area contributed by atoms with Crippen LogP contribution in [0.1, 0.15) is 18.0 Å². The number of phenols is 1. The molecular weight excluding hydrogens is 243 g/mol. The van der Waals surface area contributed by atoms with Gasteiger partial charge >= 0.3 is 0 Å². The Balaban J connectivity index is 0.00000225. The first kappa shape index (κ1) is 14.8. The average Bonchev–Trinajstić information content (AvgIpc) is 2.15. The molecule has 0 saturated carbocycles. The molecule has 16 heavy (non-hydrogen) atoms. The van der Waals surface area contributed by atoms with Crippen LogP contribution in [0.2, 0.25) is 0 Å². The summed E-state index contributed by atoms with van der Waals surface area (Å²) in [6.07, 6.45) is 1.54. The van der Waals surface area contributed by atoms with Crippen molar-refractivity contribution in [3.8, 4) is 5.75 Å². The van der Waals surface area contributed by atoms with E-state index in [4.69, 9.17) is 5.73 Å². The van der Waals surface area contributed by atoms with Crippen molar-refractivity contribution in [2.75, 3.05) is 0 Å². The highest BCUT2D eigenvalue weighted by atomic mass is 35.5. The number of nitrogens with two attached hydrogens (primary N) is 1. The van der Waals surface area contributed by atoms with E-state index in [2.05, 4.69) is 6.58 Å². The molecule has 6 heteroatoms. The lowest BCUT2D eigenvalue weighted by Gasteiger charge is -2.13. The molecule has 0 heterocycles. The van der Waals surface area contributed by atoms with E-state index in [1.807, 2.05) is 0 Å². The summed E-state index contributed by atoms with van der Waals surface area (Å²) in [6, 6.07) is -0.450. The van der Waals surface area contributed by atoms with E-state index in [1.54, 1.807) is 0 Å². The highest BCUT2D eigenvalue weighted by molar-refractivity contribution is 5.85. The van der Waals surface area contributed by atoms with E-state index in [-0.39, 0.29) is 18.8 Å². The van der Waals surface area contributed by atoms with Gasteiger partial charge in [0.2, 0.25) is 0 Å². The van der Waals surface area contributed by atoms with Crippen molar-refractivity contribution in [1.82, 2.24) is 0 Å². The van der Waals surface area contributed by atoms with Crippen molar-refractivity contribution in [3.05, 3.63) is 41.7 Å². The Bertz CT molecular complexity index is 398. The number of benzene rings is 1. The second-order valence-electron chi connectivity index (χ2n) is 3.05. The minimum Gasteiger partial charge on any atom is -0.507 e. The Kier molecular flexibility index (Phi) is 5.33. The maximum atomic E-state index is 13.2. The van der Waals surface area contributed by atoms with Gasteiger partial charge < -0.3 is 10.8 Å². The molecule has 90 valence electrons. The van der Waals surface area contributed by atoms with Crippen LogP contribution in [0.15, 0.2) is 18.7 Å². The van der Waals surface area contributed by atoms with Crippen molar-refractivity contribution in [1.29, 1.82) is 0 Å². The number of rotatable bonds is 3. The van der Waals surface area contributed by atoms with Gasteiger partial charge in [0, 0.05) is 17.7 Å². The van der Waals surface area contributed by atoms with Gasteiger partial charge in [0.05, 0.1) is 0 Å². The highest BCUT2D eigenvalue weighted by Gasteiger charge is 2.22. The van der Waals surface area contributed by atoms with Crippen LogP contribution in [-0.2, 0) is 0 Å². The molecule has 0 fully saturated rings. The minimum absolute atomic E-state index is 0. The van der Waals surface area contributed by atoms with Gasteiger partial charge in [-0.15, -0.1) is 19.0 Å². The first-order chi connectivity index (χ1) is 6.99. The van der Waals surface area contributed by atoms with Crippen molar-refractivity contribution in [2.24, 2.45) is 5.73 Å². The Morgan fingerprint density at radius 1 is 1.38 bits per heavy atom. The Morgan fingerprint density at radius 3 is 2.44 bits per heavy atom. The van der Waals surface area contributed by atoms with Gasteiger partial charge in [-0.3, -0.25) is 0 Å². The maximum Gasteiger partial charge on any atom is 0.195 e. The summed E-state index contributed by atoms with van der Waals surface area (Å²) in [4.78, 5) is 0. The topological polar surface area (TPSA) is 46.2 Å². The molecule has 0 aliphatic heterocycles. The van der Waals surface area contributed by atoms with Crippen LogP contribution < -0.4 is 5.73 Å². The third kappa shape index (κ3) is 2.68. The molecule has 0 aromatic heterocycles. The van der Waals surface area contributed by atoms with Gasteiger partial charge in [-0.2, -0.15) is 0 Å². The van der Waals surface area contributed by atoms with Gasteiger partial charge in [0.1, 0.15) is 5.75 Å². The first-order valence-corrected chi connectivity index (χ1v) is 4.21. The van der Waals surface area contributed by atoms with E-state index in [1.165, 1.54) is 6.08 Å². The summed E-state index contributed by atoms with van der Waals surface area (Å²) in [5.41, 5.74) is 5.03. The summed E-state index contributed by atoms with van der Waals surface area (Å²) in [7, 11) is 0. The number of hydrogen-bond acceptors (Lipinski definition) is 2. The molecule has 0 spiro atoms. The zero-order valence-corrected chi connectivity index (χ0v) is 9.03. The quantitative estimate of drug-likeness (QED) is 0.643. The maximum absolute atomic E-state index is 13.2. The van der Waals surface area contributed by atoms with E-state index in [9.17, 15) is 18.3 Å². The van der Waals surface area contributed by atoms with Crippen LogP contribution >= 0.6 is 12.4 Å². The Morgan fingerprint density at radius 2 is 1.94 bits per heavy atom. The average molecular weight is 254 g/mol.